The lowest BCUT2D eigenvalue weighted by molar-refractivity contribution is -0.119. The fraction of sp³-hybridized carbons (Fsp3) is 0.500. The third kappa shape index (κ3) is 5.58. The molecule has 7 heteroatoms. The predicted molar refractivity (Wildman–Crippen MR) is 155 cm³/mol. The van der Waals surface area contributed by atoms with E-state index in [4.69, 9.17) is 9.72 Å². The number of carbonyl (C=O) groups is 2. The van der Waals surface area contributed by atoms with Crippen LogP contribution in [0.5, 0.6) is 0 Å². The van der Waals surface area contributed by atoms with Crippen molar-refractivity contribution in [1.82, 2.24) is 4.98 Å². The first kappa shape index (κ1) is 27.3. The van der Waals surface area contributed by atoms with Crippen molar-refractivity contribution in [2.24, 2.45) is 11.3 Å². The lowest BCUT2D eigenvalue weighted by atomic mass is 9.68. The number of nitriles is 1. The number of hydrogen-bond acceptors (Lipinski definition) is 6. The summed E-state index contributed by atoms with van der Waals surface area (Å²) in [7, 11) is 0. The number of nitrogens with zero attached hydrogens (tertiary/aromatic N) is 2. The quantitative estimate of drug-likeness (QED) is 0.333. The molecule has 2 aliphatic carbocycles. The molecule has 0 spiro atoms. The van der Waals surface area contributed by atoms with Gasteiger partial charge in [-0.25, -0.2) is 4.79 Å². The second-order valence-corrected chi connectivity index (χ2v) is 12.7. The summed E-state index contributed by atoms with van der Waals surface area (Å²) in [4.78, 5) is 32.6. The molecule has 0 fully saturated rings. The molecule has 2 aliphatic rings. The molecule has 0 saturated heterocycles. The molecular weight excluding hydrogens is 506 g/mol. The van der Waals surface area contributed by atoms with Crippen LogP contribution in [-0.2, 0) is 35.2 Å². The molecule has 1 N–H and O–H groups in total. The SMILES string of the molecule is CCC(C)(C)C1CCc2nc3ccccc3c(C(=O)OCC(=O)Nc3sc4c(c3C#N)CCCCCC4)c2C1. The van der Waals surface area contributed by atoms with Gasteiger partial charge in [-0.05, 0) is 73.5 Å². The number of pyridine rings is 1. The van der Waals surface area contributed by atoms with E-state index in [-0.39, 0.29) is 5.41 Å². The Kier molecular flexibility index (Phi) is 8.04. The zero-order valence-electron chi connectivity index (χ0n) is 23.2. The largest absolute Gasteiger partial charge is 0.452 e. The molecule has 1 atom stereocenters. The van der Waals surface area contributed by atoms with E-state index in [9.17, 15) is 14.9 Å². The topological polar surface area (TPSA) is 92.1 Å². The number of nitrogens with one attached hydrogen (secondary N) is 1. The number of para-hydroxylation sites is 1. The molecule has 2 heterocycles. The van der Waals surface area contributed by atoms with Crippen LogP contribution in [0.15, 0.2) is 24.3 Å². The van der Waals surface area contributed by atoms with Gasteiger partial charge in [0, 0.05) is 16.0 Å². The minimum Gasteiger partial charge on any atom is -0.452 e. The summed E-state index contributed by atoms with van der Waals surface area (Å²) in [6, 6.07) is 9.97. The van der Waals surface area contributed by atoms with Gasteiger partial charge in [-0.1, -0.05) is 58.2 Å². The zero-order valence-corrected chi connectivity index (χ0v) is 24.0. The number of carbonyl (C=O) groups excluding carboxylic acids is 2. The van der Waals surface area contributed by atoms with Crippen molar-refractivity contribution in [1.29, 1.82) is 5.26 Å². The Morgan fingerprint density at radius 3 is 2.67 bits per heavy atom. The number of anilines is 1. The fourth-order valence-corrected chi connectivity index (χ4v) is 7.32. The van der Waals surface area contributed by atoms with Crippen molar-refractivity contribution in [2.75, 3.05) is 11.9 Å². The van der Waals surface area contributed by atoms with Gasteiger partial charge < -0.3 is 10.1 Å². The highest BCUT2D eigenvalue weighted by atomic mass is 32.1. The molecule has 2 aromatic heterocycles. The van der Waals surface area contributed by atoms with Gasteiger partial charge in [0.2, 0.25) is 0 Å². The summed E-state index contributed by atoms with van der Waals surface area (Å²) >= 11 is 1.49. The number of thiophene rings is 1. The maximum atomic E-state index is 13.6. The highest BCUT2D eigenvalue weighted by molar-refractivity contribution is 7.16. The highest BCUT2D eigenvalue weighted by Crippen LogP contribution is 2.42. The van der Waals surface area contributed by atoms with E-state index in [1.54, 1.807) is 0 Å². The lowest BCUT2D eigenvalue weighted by Crippen LogP contribution is -2.31. The van der Waals surface area contributed by atoms with Crippen LogP contribution in [0.1, 0.15) is 96.9 Å². The van der Waals surface area contributed by atoms with E-state index >= 15 is 0 Å². The van der Waals surface area contributed by atoms with Gasteiger partial charge in [0.15, 0.2) is 6.61 Å². The number of ether oxygens (including phenoxy) is 1. The van der Waals surface area contributed by atoms with Crippen LogP contribution in [0.4, 0.5) is 5.00 Å². The van der Waals surface area contributed by atoms with Gasteiger partial charge in [0.25, 0.3) is 5.91 Å². The van der Waals surface area contributed by atoms with Crippen molar-refractivity contribution >= 4 is 39.1 Å². The second kappa shape index (κ2) is 11.5. The van der Waals surface area contributed by atoms with E-state index in [0.29, 0.717) is 22.0 Å². The molecule has 6 nitrogen and oxygen atoms in total. The minimum atomic E-state index is -0.492. The number of aryl methyl sites for hydroxylation is 2. The molecular formula is C32H37N3O3S. The van der Waals surface area contributed by atoms with Crippen LogP contribution < -0.4 is 5.32 Å². The number of benzene rings is 1. The van der Waals surface area contributed by atoms with Gasteiger partial charge >= 0.3 is 5.97 Å². The first-order valence-corrected chi connectivity index (χ1v) is 15.1. The van der Waals surface area contributed by atoms with Crippen molar-refractivity contribution in [3.8, 4) is 6.07 Å². The van der Waals surface area contributed by atoms with Crippen molar-refractivity contribution in [3.05, 3.63) is 57.1 Å². The first-order valence-electron chi connectivity index (χ1n) is 14.2. The summed E-state index contributed by atoms with van der Waals surface area (Å²) < 4.78 is 5.64. The van der Waals surface area contributed by atoms with Crippen LogP contribution >= 0.6 is 11.3 Å². The third-order valence-electron chi connectivity index (χ3n) is 8.85. The summed E-state index contributed by atoms with van der Waals surface area (Å²) in [5.41, 5.74) is 5.03. The summed E-state index contributed by atoms with van der Waals surface area (Å²) in [6.07, 6.45) is 10.0. The average Bonchev–Trinajstić information content (AvgIpc) is 3.24. The second-order valence-electron chi connectivity index (χ2n) is 11.6. The van der Waals surface area contributed by atoms with Crippen LogP contribution in [-0.4, -0.2) is 23.5 Å². The lowest BCUT2D eigenvalue weighted by Gasteiger charge is -2.37. The van der Waals surface area contributed by atoms with Crippen LogP contribution in [0.3, 0.4) is 0 Å². The Balaban J connectivity index is 1.37. The molecule has 1 unspecified atom stereocenters. The van der Waals surface area contributed by atoms with Gasteiger partial charge in [0.05, 0.1) is 16.6 Å². The highest BCUT2D eigenvalue weighted by Gasteiger charge is 2.34. The van der Waals surface area contributed by atoms with Crippen LogP contribution in [0.2, 0.25) is 0 Å². The Morgan fingerprint density at radius 2 is 1.90 bits per heavy atom. The first-order chi connectivity index (χ1) is 18.8. The van der Waals surface area contributed by atoms with Crippen molar-refractivity contribution in [2.45, 2.75) is 85.0 Å². The molecule has 0 bridgehead atoms. The average molecular weight is 544 g/mol. The van der Waals surface area contributed by atoms with Gasteiger partial charge in [-0.2, -0.15) is 5.26 Å². The number of esters is 1. The maximum absolute atomic E-state index is 13.6. The van der Waals surface area contributed by atoms with Gasteiger partial charge in [0.1, 0.15) is 11.1 Å². The molecule has 39 heavy (non-hydrogen) atoms. The van der Waals surface area contributed by atoms with Crippen LogP contribution in [0.25, 0.3) is 10.9 Å². The third-order valence-corrected chi connectivity index (χ3v) is 10.1. The van der Waals surface area contributed by atoms with E-state index in [1.807, 2.05) is 24.3 Å². The zero-order chi connectivity index (χ0) is 27.6. The number of rotatable bonds is 6. The van der Waals surface area contributed by atoms with Gasteiger partial charge in [-0.15, -0.1) is 11.3 Å². The standard InChI is InChI=1S/C32H37N3O3S/c1-4-32(2,3)20-15-16-26-23(17-20)29(22-12-9-10-13-25(22)34-26)31(37)38-19-28(36)35-30-24(18-33)21-11-7-5-6-8-14-27(21)39-30/h9-10,12-13,20H,4-8,11,14-17,19H2,1-3H3,(H,35,36). The monoisotopic (exact) mass is 543 g/mol. The number of aromatic nitrogens is 1. The molecule has 1 amide bonds. The van der Waals surface area contributed by atoms with Crippen molar-refractivity contribution in [3.63, 3.8) is 0 Å². The maximum Gasteiger partial charge on any atom is 0.339 e. The number of amides is 1. The van der Waals surface area contributed by atoms with Crippen LogP contribution in [0, 0.1) is 22.7 Å². The number of fused-ring (bicyclic) bond motifs is 3. The minimum absolute atomic E-state index is 0.154. The summed E-state index contributed by atoms with van der Waals surface area (Å²) in [5, 5.41) is 14.0. The predicted octanol–water partition coefficient (Wildman–Crippen LogP) is 7.16. The van der Waals surface area contributed by atoms with E-state index < -0.39 is 18.5 Å². The molecule has 0 saturated carbocycles. The Hall–Kier alpha value is -3.24. The Bertz CT molecular complexity index is 1450. The van der Waals surface area contributed by atoms with E-state index in [0.717, 1.165) is 79.1 Å². The molecule has 3 aromatic rings. The molecule has 204 valence electrons. The number of hydrogen-bond donors (Lipinski definition) is 1. The molecule has 0 aliphatic heterocycles. The molecule has 5 rings (SSSR count). The molecule has 1 aromatic carbocycles. The normalized spacial score (nSPS) is 17.3. The summed E-state index contributed by atoms with van der Waals surface area (Å²) in [5.74, 6) is -0.476. The van der Waals surface area contributed by atoms with E-state index in [1.165, 1.54) is 29.1 Å². The van der Waals surface area contributed by atoms with Gasteiger partial charge in [-0.3, -0.25) is 9.78 Å². The smallest absolute Gasteiger partial charge is 0.339 e. The molecule has 0 radical (unpaired) electrons. The fourth-order valence-electron chi connectivity index (χ4n) is 6.07. The Morgan fingerprint density at radius 1 is 1.13 bits per heavy atom. The van der Waals surface area contributed by atoms with E-state index in [2.05, 4.69) is 32.2 Å². The van der Waals surface area contributed by atoms with Crippen molar-refractivity contribution < 1.29 is 14.3 Å². The Labute approximate surface area is 234 Å². The summed E-state index contributed by atoms with van der Waals surface area (Å²) in [6.45, 7) is 6.40.